The van der Waals surface area contributed by atoms with Crippen molar-refractivity contribution in [1.82, 2.24) is 9.88 Å². The number of hydrogen-bond acceptors (Lipinski definition) is 6. The highest BCUT2D eigenvalue weighted by atomic mass is 79.9. The standard InChI is InChI=1S/C24H18Br2N2O4S/c1-31-20-11-16(10-19(26)22(20)32-14-18-7-2-3-8-27-18)12-21-23(29)28(24(30)33-21)13-15-5-4-6-17(25)9-15/h2-12H,13-14H2,1H3/b21-12+. The second-order valence-electron chi connectivity index (χ2n) is 7.04. The summed E-state index contributed by atoms with van der Waals surface area (Å²) in [5, 5.41) is -0.299. The molecule has 0 saturated carbocycles. The number of amides is 2. The van der Waals surface area contributed by atoms with E-state index in [-0.39, 0.29) is 24.3 Å². The minimum atomic E-state index is -0.324. The molecule has 1 aliphatic rings. The third-order valence-electron chi connectivity index (χ3n) is 4.74. The Morgan fingerprint density at radius 1 is 1.09 bits per heavy atom. The summed E-state index contributed by atoms with van der Waals surface area (Å²) < 4.78 is 13.0. The molecule has 1 aliphatic heterocycles. The average Bonchev–Trinajstić information content (AvgIpc) is 3.06. The molecule has 0 radical (unpaired) electrons. The Labute approximate surface area is 212 Å². The fourth-order valence-corrected chi connectivity index (χ4v) is 5.06. The number of benzene rings is 2. The number of pyridine rings is 1. The first kappa shape index (κ1) is 23.5. The van der Waals surface area contributed by atoms with E-state index < -0.39 is 0 Å². The van der Waals surface area contributed by atoms with Crippen LogP contribution in [0.15, 0.2) is 74.6 Å². The van der Waals surface area contributed by atoms with E-state index in [9.17, 15) is 9.59 Å². The molecule has 0 aliphatic carbocycles. The lowest BCUT2D eigenvalue weighted by Crippen LogP contribution is -2.27. The summed E-state index contributed by atoms with van der Waals surface area (Å²) in [4.78, 5) is 31.2. The molecule has 168 valence electrons. The van der Waals surface area contributed by atoms with Crippen LogP contribution in [-0.2, 0) is 17.9 Å². The number of rotatable bonds is 7. The van der Waals surface area contributed by atoms with Crippen molar-refractivity contribution < 1.29 is 19.1 Å². The first-order valence-electron chi connectivity index (χ1n) is 9.84. The van der Waals surface area contributed by atoms with Crippen molar-refractivity contribution in [3.8, 4) is 11.5 Å². The zero-order valence-corrected chi connectivity index (χ0v) is 21.4. The molecule has 1 saturated heterocycles. The summed E-state index contributed by atoms with van der Waals surface area (Å²) in [5.41, 5.74) is 2.36. The van der Waals surface area contributed by atoms with E-state index in [2.05, 4.69) is 36.8 Å². The molecular formula is C24H18Br2N2O4S. The minimum Gasteiger partial charge on any atom is -0.493 e. The van der Waals surface area contributed by atoms with Gasteiger partial charge in [0, 0.05) is 10.7 Å². The number of methoxy groups -OCH3 is 1. The predicted octanol–water partition coefficient (Wildman–Crippen LogP) is 6.43. The fraction of sp³-hybridized carbons (Fsp3) is 0.125. The quantitative estimate of drug-likeness (QED) is 0.296. The average molecular weight is 590 g/mol. The maximum Gasteiger partial charge on any atom is 0.293 e. The molecule has 1 aromatic heterocycles. The zero-order valence-electron chi connectivity index (χ0n) is 17.5. The second kappa shape index (κ2) is 10.5. The molecule has 0 unspecified atom stereocenters. The molecule has 0 bridgehead atoms. The topological polar surface area (TPSA) is 68.7 Å². The Balaban J connectivity index is 1.54. The van der Waals surface area contributed by atoms with E-state index in [1.165, 1.54) is 4.90 Å². The van der Waals surface area contributed by atoms with E-state index in [4.69, 9.17) is 9.47 Å². The molecule has 3 aromatic rings. The lowest BCUT2D eigenvalue weighted by Gasteiger charge is -2.14. The molecule has 6 nitrogen and oxygen atoms in total. The van der Waals surface area contributed by atoms with Gasteiger partial charge in [-0.2, -0.15) is 0 Å². The molecule has 1 fully saturated rings. The van der Waals surface area contributed by atoms with E-state index >= 15 is 0 Å². The van der Waals surface area contributed by atoms with E-state index in [0.29, 0.717) is 26.4 Å². The number of halogens is 2. The van der Waals surface area contributed by atoms with E-state index in [1.807, 2.05) is 48.5 Å². The van der Waals surface area contributed by atoms with Crippen molar-refractivity contribution in [1.29, 1.82) is 0 Å². The molecule has 2 aromatic carbocycles. The maximum atomic E-state index is 12.9. The van der Waals surface area contributed by atoms with Gasteiger partial charge in [-0.15, -0.1) is 0 Å². The van der Waals surface area contributed by atoms with Gasteiger partial charge in [0.1, 0.15) is 6.61 Å². The molecule has 9 heteroatoms. The number of nitrogens with zero attached hydrogens (tertiary/aromatic N) is 2. The van der Waals surface area contributed by atoms with Crippen LogP contribution in [0.1, 0.15) is 16.8 Å². The van der Waals surface area contributed by atoms with Gasteiger partial charge in [0.05, 0.1) is 28.7 Å². The van der Waals surface area contributed by atoms with Crippen LogP contribution in [-0.4, -0.2) is 28.1 Å². The van der Waals surface area contributed by atoms with Crippen LogP contribution in [0.25, 0.3) is 6.08 Å². The second-order valence-corrected chi connectivity index (χ2v) is 9.80. The molecular weight excluding hydrogens is 572 g/mol. The van der Waals surface area contributed by atoms with Gasteiger partial charge in [0.15, 0.2) is 11.5 Å². The number of ether oxygens (including phenoxy) is 2. The summed E-state index contributed by atoms with van der Waals surface area (Å²) in [6.07, 6.45) is 3.39. The van der Waals surface area contributed by atoms with Crippen molar-refractivity contribution in [3.05, 3.63) is 91.5 Å². The number of carbonyl (C=O) groups excluding carboxylic acids is 2. The molecule has 0 spiro atoms. The van der Waals surface area contributed by atoms with Gasteiger partial charge in [-0.1, -0.05) is 34.1 Å². The molecule has 2 amide bonds. The van der Waals surface area contributed by atoms with Crippen molar-refractivity contribution in [2.24, 2.45) is 0 Å². The monoisotopic (exact) mass is 588 g/mol. The molecule has 4 rings (SSSR count). The van der Waals surface area contributed by atoms with Crippen molar-refractivity contribution in [3.63, 3.8) is 0 Å². The number of carbonyl (C=O) groups is 2. The Bertz CT molecular complexity index is 1230. The third-order valence-corrected chi connectivity index (χ3v) is 6.73. The van der Waals surface area contributed by atoms with Crippen LogP contribution in [0.5, 0.6) is 11.5 Å². The normalized spacial score (nSPS) is 14.8. The number of imide groups is 1. The van der Waals surface area contributed by atoms with Crippen LogP contribution in [0.3, 0.4) is 0 Å². The molecule has 33 heavy (non-hydrogen) atoms. The SMILES string of the molecule is COc1cc(/C=C2/SC(=O)N(Cc3cccc(Br)c3)C2=O)cc(Br)c1OCc1ccccn1. The van der Waals surface area contributed by atoms with Gasteiger partial charge >= 0.3 is 0 Å². The van der Waals surface area contributed by atoms with Crippen LogP contribution < -0.4 is 9.47 Å². The van der Waals surface area contributed by atoms with Gasteiger partial charge in [-0.3, -0.25) is 19.5 Å². The lowest BCUT2D eigenvalue weighted by atomic mass is 10.1. The maximum absolute atomic E-state index is 12.9. The summed E-state index contributed by atoms with van der Waals surface area (Å²) in [7, 11) is 1.55. The van der Waals surface area contributed by atoms with E-state index in [1.54, 1.807) is 25.4 Å². The third kappa shape index (κ3) is 5.66. The van der Waals surface area contributed by atoms with Crippen LogP contribution in [0.2, 0.25) is 0 Å². The van der Waals surface area contributed by atoms with Gasteiger partial charge in [-0.25, -0.2) is 0 Å². The van der Waals surface area contributed by atoms with Crippen molar-refractivity contribution in [2.75, 3.05) is 7.11 Å². The minimum absolute atomic E-state index is 0.217. The van der Waals surface area contributed by atoms with Crippen molar-refractivity contribution in [2.45, 2.75) is 13.2 Å². The zero-order chi connectivity index (χ0) is 23.4. The number of aromatic nitrogens is 1. The van der Waals surface area contributed by atoms with Gasteiger partial charge in [0.2, 0.25) is 0 Å². The van der Waals surface area contributed by atoms with Crippen LogP contribution >= 0.6 is 43.6 Å². The smallest absolute Gasteiger partial charge is 0.293 e. The lowest BCUT2D eigenvalue weighted by molar-refractivity contribution is -0.123. The molecule has 0 atom stereocenters. The first-order chi connectivity index (χ1) is 15.9. The Morgan fingerprint density at radius 3 is 2.67 bits per heavy atom. The van der Waals surface area contributed by atoms with Gasteiger partial charge < -0.3 is 9.47 Å². The molecule has 0 N–H and O–H groups in total. The number of thioether (sulfide) groups is 1. The van der Waals surface area contributed by atoms with Gasteiger partial charge in [-0.05, 0) is 81.3 Å². The highest BCUT2D eigenvalue weighted by Gasteiger charge is 2.35. The first-order valence-corrected chi connectivity index (χ1v) is 12.2. The summed E-state index contributed by atoms with van der Waals surface area (Å²) in [6, 6.07) is 16.7. The Kier molecular flexibility index (Phi) is 7.52. The largest absolute Gasteiger partial charge is 0.493 e. The highest BCUT2D eigenvalue weighted by Crippen LogP contribution is 2.39. The summed E-state index contributed by atoms with van der Waals surface area (Å²) in [6.45, 7) is 0.498. The van der Waals surface area contributed by atoms with Gasteiger partial charge in [0.25, 0.3) is 11.1 Å². The highest BCUT2D eigenvalue weighted by molar-refractivity contribution is 9.10. The summed E-state index contributed by atoms with van der Waals surface area (Å²) in [5.74, 6) is 0.707. The summed E-state index contributed by atoms with van der Waals surface area (Å²) >= 11 is 7.86. The van der Waals surface area contributed by atoms with Crippen LogP contribution in [0, 0.1) is 0 Å². The Hall–Kier alpha value is -2.62. The van der Waals surface area contributed by atoms with Crippen LogP contribution in [0.4, 0.5) is 4.79 Å². The predicted molar refractivity (Wildman–Crippen MR) is 135 cm³/mol. The molecule has 2 heterocycles. The van der Waals surface area contributed by atoms with Crippen molar-refractivity contribution >= 4 is 60.8 Å². The fourth-order valence-electron chi connectivity index (χ4n) is 3.20. The van der Waals surface area contributed by atoms with E-state index in [0.717, 1.165) is 27.5 Å². The Morgan fingerprint density at radius 2 is 1.94 bits per heavy atom. The number of hydrogen-bond donors (Lipinski definition) is 0.